The molecule has 0 unspecified atom stereocenters. The van der Waals surface area contributed by atoms with Crippen LogP contribution in [0.1, 0.15) is 5.56 Å². The Kier molecular flexibility index (Phi) is 5.16. The van der Waals surface area contributed by atoms with Gasteiger partial charge in [0.05, 0.1) is 17.2 Å². The van der Waals surface area contributed by atoms with Crippen molar-refractivity contribution in [2.45, 2.75) is 11.5 Å². The second-order valence-corrected chi connectivity index (χ2v) is 7.52. The number of hydrogen-bond acceptors (Lipinski definition) is 3. The first-order valence-corrected chi connectivity index (χ1v) is 8.74. The third kappa shape index (κ3) is 3.90. The molecule has 2 rings (SSSR count). The third-order valence-corrected chi connectivity index (χ3v) is 5.33. The first kappa shape index (κ1) is 16.6. The van der Waals surface area contributed by atoms with Gasteiger partial charge in [0, 0.05) is 14.5 Å². The van der Waals surface area contributed by atoms with E-state index in [1.54, 1.807) is 12.1 Å². The molecular weight excluding hydrogens is 401 g/mol. The number of aliphatic hydroxyl groups is 1. The molecule has 0 aromatic heterocycles. The molecule has 0 aliphatic heterocycles. The van der Waals surface area contributed by atoms with Crippen LogP contribution in [-0.4, -0.2) is 13.5 Å². The zero-order valence-corrected chi connectivity index (χ0v) is 14.4. The smallest absolute Gasteiger partial charge is 0.261 e. The van der Waals surface area contributed by atoms with E-state index in [9.17, 15) is 8.42 Å². The van der Waals surface area contributed by atoms with Gasteiger partial charge in [0.2, 0.25) is 0 Å². The predicted molar refractivity (Wildman–Crippen MR) is 87.3 cm³/mol. The Bertz CT molecular complexity index is 781. The molecule has 0 spiro atoms. The van der Waals surface area contributed by atoms with E-state index in [2.05, 4.69) is 20.7 Å². The number of benzene rings is 2. The summed E-state index contributed by atoms with van der Waals surface area (Å²) >= 11 is 15.0. The maximum atomic E-state index is 12.3. The molecule has 0 aliphatic rings. The van der Waals surface area contributed by atoms with Crippen LogP contribution in [0.2, 0.25) is 10.0 Å². The highest BCUT2D eigenvalue weighted by molar-refractivity contribution is 9.10. The molecule has 2 aromatic rings. The number of rotatable bonds is 4. The van der Waals surface area contributed by atoms with Crippen molar-refractivity contribution in [3.05, 3.63) is 56.5 Å². The highest BCUT2D eigenvalue weighted by atomic mass is 79.9. The fourth-order valence-electron chi connectivity index (χ4n) is 1.62. The molecular formula is C13H10BrCl2NO3S. The first-order chi connectivity index (χ1) is 9.83. The van der Waals surface area contributed by atoms with E-state index in [0.29, 0.717) is 25.8 Å². The zero-order valence-electron chi connectivity index (χ0n) is 10.5. The van der Waals surface area contributed by atoms with Gasteiger partial charge in [-0.15, -0.1) is 0 Å². The van der Waals surface area contributed by atoms with Crippen molar-refractivity contribution in [1.29, 1.82) is 0 Å². The van der Waals surface area contributed by atoms with E-state index in [0.717, 1.165) is 0 Å². The Hall–Kier alpha value is -0.790. The molecule has 0 aliphatic carbocycles. The predicted octanol–water partition coefficient (Wildman–Crippen LogP) is 4.05. The summed E-state index contributed by atoms with van der Waals surface area (Å²) in [5, 5.41) is 9.87. The number of nitrogens with one attached hydrogen (secondary N) is 1. The summed E-state index contributed by atoms with van der Waals surface area (Å²) in [6.45, 7) is -0.344. The molecule has 0 atom stereocenters. The maximum Gasteiger partial charge on any atom is 0.261 e. The van der Waals surface area contributed by atoms with Crippen molar-refractivity contribution in [2.24, 2.45) is 0 Å². The summed E-state index contributed by atoms with van der Waals surface area (Å²) in [5.74, 6) is 0. The highest BCUT2D eigenvalue weighted by Crippen LogP contribution is 2.29. The van der Waals surface area contributed by atoms with Crippen LogP contribution in [-0.2, 0) is 16.6 Å². The van der Waals surface area contributed by atoms with Crippen molar-refractivity contribution in [2.75, 3.05) is 4.72 Å². The van der Waals surface area contributed by atoms with Gasteiger partial charge in [-0.05, 0) is 57.9 Å². The van der Waals surface area contributed by atoms with Gasteiger partial charge in [0.15, 0.2) is 0 Å². The minimum atomic E-state index is -3.81. The molecule has 0 heterocycles. The zero-order chi connectivity index (χ0) is 15.6. The lowest BCUT2D eigenvalue weighted by Crippen LogP contribution is -2.13. The van der Waals surface area contributed by atoms with Crippen LogP contribution in [0.15, 0.2) is 45.8 Å². The van der Waals surface area contributed by atoms with Crippen molar-refractivity contribution in [3.63, 3.8) is 0 Å². The summed E-state index contributed by atoms with van der Waals surface area (Å²) < 4.78 is 27.7. The van der Waals surface area contributed by atoms with Gasteiger partial charge in [0.1, 0.15) is 0 Å². The van der Waals surface area contributed by atoms with Gasteiger partial charge in [-0.3, -0.25) is 4.72 Å². The monoisotopic (exact) mass is 409 g/mol. The molecule has 0 radical (unpaired) electrons. The molecule has 0 amide bonds. The molecule has 0 saturated heterocycles. The molecule has 112 valence electrons. The van der Waals surface area contributed by atoms with E-state index in [1.165, 1.54) is 24.3 Å². The Morgan fingerprint density at radius 1 is 1.14 bits per heavy atom. The van der Waals surface area contributed by atoms with Crippen LogP contribution in [0.4, 0.5) is 5.69 Å². The summed E-state index contributed by atoms with van der Waals surface area (Å²) in [6, 6.07) is 8.88. The fraction of sp³-hybridized carbons (Fsp3) is 0.0769. The minimum Gasteiger partial charge on any atom is -0.392 e. The molecule has 0 bridgehead atoms. The Balaban J connectivity index is 2.41. The number of aliphatic hydroxyl groups excluding tert-OH is 1. The summed E-state index contributed by atoms with van der Waals surface area (Å²) in [5.41, 5.74) is 0.660. The summed E-state index contributed by atoms with van der Waals surface area (Å²) in [6.07, 6.45) is 0. The molecule has 0 fully saturated rings. The van der Waals surface area contributed by atoms with E-state index >= 15 is 0 Å². The highest BCUT2D eigenvalue weighted by Gasteiger charge is 2.17. The molecule has 4 nitrogen and oxygen atoms in total. The van der Waals surface area contributed by atoms with Crippen molar-refractivity contribution >= 4 is 54.8 Å². The lowest BCUT2D eigenvalue weighted by Gasteiger charge is -2.11. The van der Waals surface area contributed by atoms with Crippen molar-refractivity contribution < 1.29 is 13.5 Å². The number of halogens is 3. The van der Waals surface area contributed by atoms with Gasteiger partial charge in [-0.25, -0.2) is 8.42 Å². The van der Waals surface area contributed by atoms with Crippen LogP contribution >= 0.6 is 39.1 Å². The lowest BCUT2D eigenvalue weighted by atomic mass is 10.2. The van der Waals surface area contributed by atoms with Crippen LogP contribution in [0.3, 0.4) is 0 Å². The SMILES string of the molecule is O=S(=O)(Nc1cc(Cl)ccc1Br)c1ccc(Cl)c(CO)c1. The van der Waals surface area contributed by atoms with Gasteiger partial charge in [0.25, 0.3) is 10.0 Å². The lowest BCUT2D eigenvalue weighted by molar-refractivity contribution is 0.281. The number of anilines is 1. The normalized spacial score (nSPS) is 11.4. The van der Waals surface area contributed by atoms with E-state index in [-0.39, 0.29) is 11.5 Å². The molecule has 21 heavy (non-hydrogen) atoms. The van der Waals surface area contributed by atoms with Crippen LogP contribution < -0.4 is 4.72 Å². The summed E-state index contributed by atoms with van der Waals surface area (Å²) in [4.78, 5) is 0.00262. The van der Waals surface area contributed by atoms with E-state index in [1.807, 2.05) is 0 Å². The fourth-order valence-corrected chi connectivity index (χ4v) is 3.57. The quantitative estimate of drug-likeness (QED) is 0.798. The van der Waals surface area contributed by atoms with E-state index in [4.69, 9.17) is 28.3 Å². The second kappa shape index (κ2) is 6.54. The molecule has 0 saturated carbocycles. The Morgan fingerprint density at radius 2 is 1.86 bits per heavy atom. The Labute approximate surface area is 140 Å². The topological polar surface area (TPSA) is 66.4 Å². The van der Waals surface area contributed by atoms with E-state index < -0.39 is 10.0 Å². The number of hydrogen-bond donors (Lipinski definition) is 2. The Morgan fingerprint density at radius 3 is 2.52 bits per heavy atom. The summed E-state index contributed by atoms with van der Waals surface area (Å²) in [7, 11) is -3.81. The second-order valence-electron chi connectivity index (χ2n) is 4.14. The molecule has 8 heteroatoms. The van der Waals surface area contributed by atoms with Gasteiger partial charge >= 0.3 is 0 Å². The van der Waals surface area contributed by atoms with Crippen molar-refractivity contribution in [1.82, 2.24) is 0 Å². The molecule has 2 aromatic carbocycles. The number of sulfonamides is 1. The first-order valence-electron chi connectivity index (χ1n) is 5.70. The standard InChI is InChI=1S/C13H10BrCl2NO3S/c14-11-3-1-9(15)6-13(11)17-21(19,20)10-2-4-12(16)8(5-10)7-18/h1-6,17-18H,7H2. The average molecular weight is 411 g/mol. The largest absolute Gasteiger partial charge is 0.392 e. The van der Waals surface area contributed by atoms with Crippen molar-refractivity contribution in [3.8, 4) is 0 Å². The van der Waals surface area contributed by atoms with Gasteiger partial charge in [-0.1, -0.05) is 23.2 Å². The third-order valence-electron chi connectivity index (χ3n) is 2.67. The maximum absolute atomic E-state index is 12.3. The van der Waals surface area contributed by atoms with Gasteiger partial charge < -0.3 is 5.11 Å². The average Bonchev–Trinajstić information content (AvgIpc) is 2.43. The minimum absolute atomic E-state index is 0.00262. The molecule has 2 N–H and O–H groups in total. The van der Waals surface area contributed by atoms with Crippen LogP contribution in [0, 0.1) is 0 Å². The van der Waals surface area contributed by atoms with Crippen LogP contribution in [0.5, 0.6) is 0 Å². The van der Waals surface area contributed by atoms with Gasteiger partial charge in [-0.2, -0.15) is 0 Å². The van der Waals surface area contributed by atoms with Crippen LogP contribution in [0.25, 0.3) is 0 Å².